The minimum absolute atomic E-state index is 0.104. The van der Waals surface area contributed by atoms with E-state index in [-0.39, 0.29) is 11.7 Å². The van der Waals surface area contributed by atoms with Crippen LogP contribution in [0.1, 0.15) is 18.9 Å². The third-order valence-corrected chi connectivity index (χ3v) is 3.71. The highest BCUT2D eigenvalue weighted by Crippen LogP contribution is 2.09. The molecule has 0 N–H and O–H groups in total. The minimum Gasteiger partial charge on any atom is -0.379 e. The van der Waals surface area contributed by atoms with Gasteiger partial charge >= 0.3 is 0 Å². The molecule has 0 radical (unpaired) electrons. The van der Waals surface area contributed by atoms with Crippen LogP contribution in [0.25, 0.3) is 0 Å². The first-order chi connectivity index (χ1) is 10.2. The predicted molar refractivity (Wildman–Crippen MR) is 79.4 cm³/mol. The lowest BCUT2D eigenvalue weighted by Crippen LogP contribution is -2.42. The highest BCUT2D eigenvalue weighted by molar-refractivity contribution is 5.75. The van der Waals surface area contributed by atoms with E-state index in [4.69, 9.17) is 4.74 Å². The molecule has 0 saturated carbocycles. The molecule has 4 nitrogen and oxygen atoms in total. The van der Waals surface area contributed by atoms with Gasteiger partial charge in [0.2, 0.25) is 5.91 Å². The van der Waals surface area contributed by atoms with Crippen molar-refractivity contribution < 1.29 is 13.9 Å². The first kappa shape index (κ1) is 15.9. The molecule has 1 aliphatic rings. The van der Waals surface area contributed by atoms with Crippen LogP contribution >= 0.6 is 0 Å². The Morgan fingerprint density at radius 2 is 2.14 bits per heavy atom. The Morgan fingerprint density at radius 1 is 1.38 bits per heavy atom. The topological polar surface area (TPSA) is 32.8 Å². The summed E-state index contributed by atoms with van der Waals surface area (Å²) in [6, 6.07) is 6.45. The van der Waals surface area contributed by atoms with Crippen molar-refractivity contribution in [3.05, 3.63) is 35.6 Å². The van der Waals surface area contributed by atoms with E-state index in [9.17, 15) is 9.18 Å². The Labute approximate surface area is 125 Å². The van der Waals surface area contributed by atoms with Crippen LogP contribution in [0, 0.1) is 5.82 Å². The van der Waals surface area contributed by atoms with Crippen LogP contribution in [-0.4, -0.2) is 55.1 Å². The molecular weight excluding hydrogens is 271 g/mol. The first-order valence-corrected chi connectivity index (χ1v) is 7.51. The second-order valence-corrected chi connectivity index (χ2v) is 5.25. The van der Waals surface area contributed by atoms with Crippen molar-refractivity contribution in [3.63, 3.8) is 0 Å². The second-order valence-electron chi connectivity index (χ2n) is 5.25. The molecule has 1 saturated heterocycles. The maximum atomic E-state index is 13.3. The van der Waals surface area contributed by atoms with Gasteiger partial charge in [-0.25, -0.2) is 4.39 Å². The van der Waals surface area contributed by atoms with E-state index >= 15 is 0 Å². The molecule has 1 amide bonds. The number of rotatable bonds is 6. The molecule has 1 heterocycles. The fourth-order valence-electron chi connectivity index (χ4n) is 2.46. The number of carbonyl (C=O) groups is 1. The second kappa shape index (κ2) is 8.10. The number of nitrogens with zero attached hydrogens (tertiary/aromatic N) is 2. The van der Waals surface area contributed by atoms with Gasteiger partial charge in [0.15, 0.2) is 0 Å². The number of amides is 1. The molecule has 116 valence electrons. The quantitative estimate of drug-likeness (QED) is 0.803. The SMILES string of the molecule is CCC(=O)N(CCN1CCOCC1)Cc1cccc(F)c1. The molecule has 5 heteroatoms. The highest BCUT2D eigenvalue weighted by Gasteiger charge is 2.16. The van der Waals surface area contributed by atoms with Crippen LogP contribution in [0.2, 0.25) is 0 Å². The van der Waals surface area contributed by atoms with Crippen LogP contribution in [0.3, 0.4) is 0 Å². The fraction of sp³-hybridized carbons (Fsp3) is 0.562. The molecule has 0 aromatic heterocycles. The van der Waals surface area contributed by atoms with Gasteiger partial charge in [0.25, 0.3) is 0 Å². The van der Waals surface area contributed by atoms with E-state index in [0.717, 1.165) is 38.4 Å². The third-order valence-electron chi connectivity index (χ3n) is 3.71. The van der Waals surface area contributed by atoms with E-state index in [1.54, 1.807) is 6.07 Å². The lowest BCUT2D eigenvalue weighted by molar-refractivity contribution is -0.131. The minimum atomic E-state index is -0.260. The normalized spacial score (nSPS) is 15.9. The lowest BCUT2D eigenvalue weighted by Gasteiger charge is -2.30. The van der Waals surface area contributed by atoms with Crippen LogP contribution in [-0.2, 0) is 16.1 Å². The number of halogens is 1. The number of hydrogen-bond acceptors (Lipinski definition) is 3. The fourth-order valence-corrected chi connectivity index (χ4v) is 2.46. The van der Waals surface area contributed by atoms with Gasteiger partial charge in [-0.3, -0.25) is 9.69 Å². The number of ether oxygens (including phenoxy) is 1. The lowest BCUT2D eigenvalue weighted by atomic mass is 10.2. The molecule has 0 atom stereocenters. The molecule has 21 heavy (non-hydrogen) atoms. The van der Waals surface area contributed by atoms with Gasteiger partial charge in [-0.1, -0.05) is 19.1 Å². The van der Waals surface area contributed by atoms with Crippen molar-refractivity contribution in [2.45, 2.75) is 19.9 Å². The van der Waals surface area contributed by atoms with E-state index in [1.165, 1.54) is 12.1 Å². The van der Waals surface area contributed by atoms with Gasteiger partial charge in [0.1, 0.15) is 5.82 Å². The van der Waals surface area contributed by atoms with Crippen LogP contribution in [0.5, 0.6) is 0 Å². The monoisotopic (exact) mass is 294 g/mol. The van der Waals surface area contributed by atoms with Gasteiger partial charge in [0, 0.05) is 39.1 Å². The molecule has 0 unspecified atom stereocenters. The molecule has 1 fully saturated rings. The van der Waals surface area contributed by atoms with Gasteiger partial charge in [-0.15, -0.1) is 0 Å². The highest BCUT2D eigenvalue weighted by atomic mass is 19.1. The summed E-state index contributed by atoms with van der Waals surface area (Å²) >= 11 is 0. The number of morpholine rings is 1. The first-order valence-electron chi connectivity index (χ1n) is 7.51. The van der Waals surface area contributed by atoms with Gasteiger partial charge in [-0.05, 0) is 17.7 Å². The summed E-state index contributed by atoms with van der Waals surface area (Å²) in [6.07, 6.45) is 0.471. The number of carbonyl (C=O) groups excluding carboxylic acids is 1. The summed E-state index contributed by atoms with van der Waals surface area (Å²) < 4.78 is 18.6. The Hall–Kier alpha value is -1.46. The summed E-state index contributed by atoms with van der Waals surface area (Å²) in [5.74, 6) is -0.155. The standard InChI is InChI=1S/C16H23FN2O2/c1-2-16(20)19(7-6-18-8-10-21-11-9-18)13-14-4-3-5-15(17)12-14/h3-5,12H,2,6-11,13H2,1H3. The zero-order chi connectivity index (χ0) is 15.1. The number of benzene rings is 1. The molecule has 1 aliphatic heterocycles. The molecule has 0 bridgehead atoms. The summed E-state index contributed by atoms with van der Waals surface area (Å²) in [7, 11) is 0. The Bertz CT molecular complexity index is 461. The zero-order valence-electron chi connectivity index (χ0n) is 12.6. The molecule has 1 aromatic carbocycles. The maximum absolute atomic E-state index is 13.3. The van der Waals surface area contributed by atoms with Crippen LogP contribution < -0.4 is 0 Å². The Morgan fingerprint density at radius 3 is 2.81 bits per heavy atom. The summed E-state index contributed by atoms with van der Waals surface area (Å²) in [5, 5.41) is 0. The van der Waals surface area contributed by atoms with E-state index < -0.39 is 0 Å². The summed E-state index contributed by atoms with van der Waals surface area (Å²) in [5.41, 5.74) is 0.832. The Balaban J connectivity index is 1.92. The van der Waals surface area contributed by atoms with Crippen molar-refractivity contribution in [2.75, 3.05) is 39.4 Å². The average Bonchev–Trinajstić information content (AvgIpc) is 2.51. The molecule has 0 spiro atoms. The van der Waals surface area contributed by atoms with Crippen molar-refractivity contribution in [3.8, 4) is 0 Å². The zero-order valence-corrected chi connectivity index (χ0v) is 12.6. The van der Waals surface area contributed by atoms with Gasteiger partial charge in [0.05, 0.1) is 13.2 Å². The van der Waals surface area contributed by atoms with Crippen molar-refractivity contribution in [2.24, 2.45) is 0 Å². The van der Waals surface area contributed by atoms with E-state index in [1.807, 2.05) is 17.9 Å². The molecule has 0 aliphatic carbocycles. The average molecular weight is 294 g/mol. The maximum Gasteiger partial charge on any atom is 0.222 e. The summed E-state index contributed by atoms with van der Waals surface area (Å²) in [4.78, 5) is 16.2. The molecule has 2 rings (SSSR count). The number of hydrogen-bond donors (Lipinski definition) is 0. The molecular formula is C16H23FN2O2. The largest absolute Gasteiger partial charge is 0.379 e. The predicted octanol–water partition coefficient (Wildman–Crippen LogP) is 1.90. The van der Waals surface area contributed by atoms with Crippen molar-refractivity contribution in [1.29, 1.82) is 0 Å². The van der Waals surface area contributed by atoms with E-state index in [2.05, 4.69) is 4.90 Å². The van der Waals surface area contributed by atoms with E-state index in [0.29, 0.717) is 19.5 Å². The smallest absolute Gasteiger partial charge is 0.222 e. The van der Waals surface area contributed by atoms with Crippen LogP contribution in [0.4, 0.5) is 4.39 Å². The Kier molecular flexibility index (Phi) is 6.14. The van der Waals surface area contributed by atoms with Gasteiger partial charge in [-0.2, -0.15) is 0 Å². The third kappa shape index (κ3) is 5.10. The van der Waals surface area contributed by atoms with Crippen molar-refractivity contribution in [1.82, 2.24) is 9.80 Å². The van der Waals surface area contributed by atoms with Crippen molar-refractivity contribution >= 4 is 5.91 Å². The molecule has 1 aromatic rings. The van der Waals surface area contributed by atoms with Gasteiger partial charge < -0.3 is 9.64 Å². The van der Waals surface area contributed by atoms with Crippen LogP contribution in [0.15, 0.2) is 24.3 Å². The summed E-state index contributed by atoms with van der Waals surface area (Å²) in [6.45, 7) is 7.16.